The van der Waals surface area contributed by atoms with Crippen LogP contribution in [0.25, 0.3) is 6.08 Å². The molecule has 0 atom stereocenters. The lowest BCUT2D eigenvalue weighted by Crippen LogP contribution is -2.22. The summed E-state index contributed by atoms with van der Waals surface area (Å²) in [7, 11) is 3.13. The summed E-state index contributed by atoms with van der Waals surface area (Å²) < 4.78 is 12.4. The van der Waals surface area contributed by atoms with Crippen LogP contribution in [-0.4, -0.2) is 46.6 Å². The molecule has 3 aromatic rings. The van der Waals surface area contributed by atoms with Crippen molar-refractivity contribution < 1.29 is 19.1 Å². The van der Waals surface area contributed by atoms with Gasteiger partial charge in [0.15, 0.2) is 22.5 Å². The summed E-state index contributed by atoms with van der Waals surface area (Å²) in [5, 5.41) is 14.8. The summed E-state index contributed by atoms with van der Waals surface area (Å²) in [5.41, 5.74) is 3.78. The fourth-order valence-electron chi connectivity index (χ4n) is 3.43. The topological polar surface area (TPSA) is 107 Å². The molecule has 0 aliphatic rings. The van der Waals surface area contributed by atoms with Crippen LogP contribution in [0.5, 0.6) is 11.5 Å². The van der Waals surface area contributed by atoms with Crippen LogP contribution in [0.4, 0.5) is 5.69 Å². The molecule has 0 radical (unpaired) electrons. The molecule has 1 heterocycles. The maximum absolute atomic E-state index is 12.5. The van der Waals surface area contributed by atoms with E-state index < -0.39 is 0 Å². The fourth-order valence-corrected chi connectivity index (χ4v) is 4.25. The van der Waals surface area contributed by atoms with E-state index in [-0.39, 0.29) is 24.1 Å². The number of hydrogen-bond donors (Lipinski definition) is 2. The second kappa shape index (κ2) is 12.8. The number of aromatic nitrogens is 3. The molecule has 3 rings (SSSR count). The summed E-state index contributed by atoms with van der Waals surface area (Å²) in [6, 6.07) is 11.2. The Morgan fingerprint density at radius 2 is 1.86 bits per heavy atom. The second-order valence-corrected chi connectivity index (χ2v) is 8.84. The fraction of sp³-hybridized carbons (Fsp3) is 0.308. The largest absolute Gasteiger partial charge is 0.493 e. The van der Waals surface area contributed by atoms with Gasteiger partial charge in [-0.3, -0.25) is 9.59 Å². The first-order chi connectivity index (χ1) is 17.4. The van der Waals surface area contributed by atoms with Crippen molar-refractivity contribution in [3.63, 3.8) is 0 Å². The lowest BCUT2D eigenvalue weighted by atomic mass is 10.1. The minimum absolute atomic E-state index is 0.116. The van der Waals surface area contributed by atoms with Gasteiger partial charge in [0.2, 0.25) is 11.8 Å². The number of aryl methyl sites for hydroxylation is 1. The van der Waals surface area contributed by atoms with Gasteiger partial charge in [-0.1, -0.05) is 30.0 Å². The van der Waals surface area contributed by atoms with Crippen LogP contribution >= 0.6 is 11.8 Å². The Labute approximate surface area is 215 Å². The number of benzene rings is 2. The Morgan fingerprint density at radius 1 is 1.08 bits per heavy atom. The molecule has 0 saturated heterocycles. The molecule has 0 saturated carbocycles. The molecule has 0 aliphatic carbocycles. The van der Waals surface area contributed by atoms with Crippen LogP contribution in [0.2, 0.25) is 0 Å². The zero-order chi connectivity index (χ0) is 26.1. The quantitative estimate of drug-likeness (QED) is 0.297. The minimum Gasteiger partial charge on any atom is -0.493 e. The van der Waals surface area contributed by atoms with Gasteiger partial charge in [-0.2, -0.15) is 0 Å². The van der Waals surface area contributed by atoms with Crippen molar-refractivity contribution >= 4 is 35.3 Å². The zero-order valence-electron chi connectivity index (χ0n) is 21.1. The number of thioether (sulfide) groups is 1. The van der Waals surface area contributed by atoms with Gasteiger partial charge < -0.3 is 24.7 Å². The molecule has 2 N–H and O–H groups in total. The molecule has 0 aliphatic heterocycles. The lowest BCUT2D eigenvalue weighted by molar-refractivity contribution is -0.116. The van der Waals surface area contributed by atoms with E-state index >= 15 is 0 Å². The van der Waals surface area contributed by atoms with E-state index in [1.54, 1.807) is 32.4 Å². The van der Waals surface area contributed by atoms with Crippen molar-refractivity contribution in [2.45, 2.75) is 39.0 Å². The molecule has 2 amide bonds. The molecule has 10 heteroatoms. The van der Waals surface area contributed by atoms with Crippen LogP contribution in [0, 0.1) is 13.8 Å². The number of ether oxygens (including phenoxy) is 2. The third-order valence-corrected chi connectivity index (χ3v) is 6.54. The SMILES string of the molecule is CCn1c(CNC(=O)/C=C/c2ccc(OC)c(OC)c2)nnc1SCC(=O)Nc1cccc(C)c1C. The predicted molar refractivity (Wildman–Crippen MR) is 141 cm³/mol. The van der Waals surface area contributed by atoms with Crippen molar-refractivity contribution in [3.8, 4) is 11.5 Å². The highest BCUT2D eigenvalue weighted by Gasteiger charge is 2.14. The predicted octanol–water partition coefficient (Wildman–Crippen LogP) is 3.99. The van der Waals surface area contributed by atoms with Gasteiger partial charge in [0.05, 0.1) is 26.5 Å². The number of carbonyl (C=O) groups excluding carboxylic acids is 2. The maximum Gasteiger partial charge on any atom is 0.244 e. The molecule has 190 valence electrons. The molecular weight excluding hydrogens is 478 g/mol. The highest BCUT2D eigenvalue weighted by molar-refractivity contribution is 7.99. The number of carbonyl (C=O) groups is 2. The van der Waals surface area contributed by atoms with Gasteiger partial charge >= 0.3 is 0 Å². The molecule has 0 spiro atoms. The van der Waals surface area contributed by atoms with Crippen molar-refractivity contribution in [2.75, 3.05) is 25.3 Å². The van der Waals surface area contributed by atoms with E-state index in [4.69, 9.17) is 9.47 Å². The Morgan fingerprint density at radius 3 is 2.58 bits per heavy atom. The van der Waals surface area contributed by atoms with Gasteiger partial charge in [-0.05, 0) is 61.7 Å². The van der Waals surface area contributed by atoms with E-state index in [9.17, 15) is 9.59 Å². The van der Waals surface area contributed by atoms with Crippen LogP contribution in [0.3, 0.4) is 0 Å². The smallest absolute Gasteiger partial charge is 0.244 e. The summed E-state index contributed by atoms with van der Waals surface area (Å²) in [5.74, 6) is 1.64. The monoisotopic (exact) mass is 509 g/mol. The number of methoxy groups -OCH3 is 2. The molecule has 1 aromatic heterocycles. The van der Waals surface area contributed by atoms with Gasteiger partial charge in [0.25, 0.3) is 0 Å². The van der Waals surface area contributed by atoms with Crippen molar-refractivity contribution in [1.29, 1.82) is 0 Å². The summed E-state index contributed by atoms with van der Waals surface area (Å²) in [6.45, 7) is 6.78. The number of amides is 2. The highest BCUT2D eigenvalue weighted by Crippen LogP contribution is 2.28. The van der Waals surface area contributed by atoms with Gasteiger partial charge in [-0.25, -0.2) is 0 Å². The van der Waals surface area contributed by atoms with Gasteiger partial charge in [-0.15, -0.1) is 10.2 Å². The average molecular weight is 510 g/mol. The zero-order valence-corrected chi connectivity index (χ0v) is 21.9. The Kier molecular flexibility index (Phi) is 9.52. The maximum atomic E-state index is 12.5. The molecule has 0 fully saturated rings. The van der Waals surface area contributed by atoms with Crippen molar-refractivity contribution in [3.05, 3.63) is 65.0 Å². The number of rotatable bonds is 11. The minimum atomic E-state index is -0.266. The standard InChI is InChI=1S/C26H31N5O4S/c1-6-31-23(15-27-24(32)13-11-19-10-12-21(34-4)22(14-19)35-5)29-30-26(31)36-16-25(33)28-20-9-7-8-17(2)18(20)3/h7-14H,6,15-16H2,1-5H3,(H,27,32)(H,28,33)/b13-11+. The van der Waals surface area contributed by atoms with Crippen LogP contribution in [0.15, 0.2) is 47.6 Å². The summed E-state index contributed by atoms with van der Waals surface area (Å²) >= 11 is 1.31. The van der Waals surface area contributed by atoms with E-state index in [1.165, 1.54) is 17.8 Å². The lowest BCUT2D eigenvalue weighted by Gasteiger charge is -2.10. The van der Waals surface area contributed by atoms with E-state index in [0.29, 0.717) is 29.0 Å². The number of hydrogen-bond acceptors (Lipinski definition) is 7. The summed E-state index contributed by atoms with van der Waals surface area (Å²) in [6.07, 6.45) is 3.14. The molecule has 0 bridgehead atoms. The molecule has 36 heavy (non-hydrogen) atoms. The first kappa shape index (κ1) is 26.8. The third-order valence-electron chi connectivity index (χ3n) is 5.58. The third kappa shape index (κ3) is 6.88. The van der Waals surface area contributed by atoms with Gasteiger partial charge in [0.1, 0.15) is 0 Å². The molecule has 2 aromatic carbocycles. The molecule has 9 nitrogen and oxygen atoms in total. The number of nitrogens with zero attached hydrogens (tertiary/aromatic N) is 3. The van der Waals surface area contributed by atoms with Crippen LogP contribution in [-0.2, 0) is 22.7 Å². The van der Waals surface area contributed by atoms with Crippen molar-refractivity contribution in [1.82, 2.24) is 20.1 Å². The Hall–Kier alpha value is -3.79. The number of nitrogens with one attached hydrogen (secondary N) is 2. The second-order valence-electron chi connectivity index (χ2n) is 7.89. The molecular formula is C26H31N5O4S. The number of anilines is 1. The van der Waals surface area contributed by atoms with E-state index in [2.05, 4.69) is 20.8 Å². The van der Waals surface area contributed by atoms with Crippen LogP contribution in [0.1, 0.15) is 29.4 Å². The van der Waals surface area contributed by atoms with Crippen molar-refractivity contribution in [2.24, 2.45) is 0 Å². The first-order valence-corrected chi connectivity index (χ1v) is 12.4. The Balaban J connectivity index is 1.55. The van der Waals surface area contributed by atoms with Crippen LogP contribution < -0.4 is 20.1 Å². The Bertz CT molecular complexity index is 1260. The normalized spacial score (nSPS) is 10.9. The first-order valence-electron chi connectivity index (χ1n) is 11.4. The van der Waals surface area contributed by atoms with E-state index in [0.717, 1.165) is 22.4 Å². The highest BCUT2D eigenvalue weighted by atomic mass is 32.2. The van der Waals surface area contributed by atoms with Gasteiger partial charge in [0, 0.05) is 18.3 Å². The average Bonchev–Trinajstić information content (AvgIpc) is 3.29. The van der Waals surface area contributed by atoms with E-state index in [1.807, 2.05) is 49.6 Å². The molecule has 0 unspecified atom stereocenters. The summed E-state index contributed by atoms with van der Waals surface area (Å²) in [4.78, 5) is 24.8.